The summed E-state index contributed by atoms with van der Waals surface area (Å²) in [6, 6.07) is 11.9. The minimum Gasteiger partial charge on any atom is -0.481 e. The Morgan fingerprint density at radius 1 is 1.03 bits per heavy atom. The number of amides is 3. The van der Waals surface area contributed by atoms with Gasteiger partial charge in [0.05, 0.1) is 25.0 Å². The molecule has 9 nitrogen and oxygen atoms in total. The molecule has 0 spiro atoms. The van der Waals surface area contributed by atoms with Crippen LogP contribution in [0.15, 0.2) is 42.5 Å². The third kappa shape index (κ3) is 8.71. The van der Waals surface area contributed by atoms with Crippen LogP contribution in [0.25, 0.3) is 11.1 Å². The lowest BCUT2D eigenvalue weighted by atomic mass is 9.90. The smallest absolute Gasteiger partial charge is 0.307 e. The lowest BCUT2D eigenvalue weighted by Crippen LogP contribution is -2.47. The second-order valence-corrected chi connectivity index (χ2v) is 9.08. The summed E-state index contributed by atoms with van der Waals surface area (Å²) in [5.41, 5.74) is 3.66. The van der Waals surface area contributed by atoms with Crippen LogP contribution in [0, 0.1) is 12.8 Å². The fourth-order valence-electron chi connectivity index (χ4n) is 4.37. The van der Waals surface area contributed by atoms with Gasteiger partial charge in [-0.05, 0) is 54.2 Å². The van der Waals surface area contributed by atoms with E-state index < -0.39 is 17.9 Å². The molecule has 200 valence electrons. The predicted octanol–water partition coefficient (Wildman–Crippen LogP) is 3.92. The number of unbranched alkanes of at least 4 members (excludes halogenated alkanes) is 2. The van der Waals surface area contributed by atoms with E-state index in [1.807, 2.05) is 25.1 Å². The van der Waals surface area contributed by atoms with Crippen molar-refractivity contribution in [2.75, 3.05) is 6.67 Å². The van der Waals surface area contributed by atoms with Crippen LogP contribution >= 0.6 is 0 Å². The van der Waals surface area contributed by atoms with Crippen molar-refractivity contribution in [1.82, 2.24) is 15.7 Å². The molecule has 0 aliphatic heterocycles. The van der Waals surface area contributed by atoms with Crippen LogP contribution in [0.3, 0.4) is 0 Å². The Balaban J connectivity index is 2.04. The number of nitrogens with zero attached hydrogens (tertiary/aromatic N) is 1. The van der Waals surface area contributed by atoms with Gasteiger partial charge in [0.25, 0.3) is 5.91 Å². The quantitative estimate of drug-likeness (QED) is 0.0941. The third-order valence-electron chi connectivity index (χ3n) is 6.44. The Morgan fingerprint density at radius 3 is 2.38 bits per heavy atom. The van der Waals surface area contributed by atoms with E-state index in [4.69, 9.17) is 5.11 Å². The van der Waals surface area contributed by atoms with Crippen molar-refractivity contribution in [3.05, 3.63) is 59.2 Å². The molecule has 0 aliphatic rings. The van der Waals surface area contributed by atoms with Crippen molar-refractivity contribution < 1.29 is 29.5 Å². The van der Waals surface area contributed by atoms with Crippen LogP contribution in [0.1, 0.15) is 67.4 Å². The summed E-state index contributed by atoms with van der Waals surface area (Å²) in [5.74, 6) is -2.20. The van der Waals surface area contributed by atoms with E-state index in [1.165, 1.54) is 0 Å². The first-order valence-corrected chi connectivity index (χ1v) is 12.6. The normalized spacial score (nSPS) is 12.3. The van der Waals surface area contributed by atoms with E-state index >= 15 is 0 Å². The average molecular weight is 512 g/mol. The Bertz CT molecular complexity index is 1090. The number of aliphatic carboxylic acids is 1. The molecule has 4 N–H and O–H groups in total. The molecule has 2 aromatic carbocycles. The van der Waals surface area contributed by atoms with Crippen molar-refractivity contribution in [3.63, 3.8) is 0 Å². The SMILES string of the molecule is CCCCC[C@@H](C(=O)NCNC(=O)c1cccc(-c2ccc(CC(=O)O)c(C)c2)c1)[C@@H](CC)N(O)C=O. The molecule has 2 rings (SSSR count). The summed E-state index contributed by atoms with van der Waals surface area (Å²) in [4.78, 5) is 47.8. The van der Waals surface area contributed by atoms with Gasteiger partial charge in [0.15, 0.2) is 0 Å². The Hall–Kier alpha value is -3.72. The molecule has 37 heavy (non-hydrogen) atoms. The van der Waals surface area contributed by atoms with E-state index in [9.17, 15) is 24.4 Å². The monoisotopic (exact) mass is 511 g/mol. The number of carboxylic acid groups (broad SMARTS) is 1. The van der Waals surface area contributed by atoms with Crippen LogP contribution in [-0.2, 0) is 20.8 Å². The van der Waals surface area contributed by atoms with Gasteiger partial charge in [-0.25, -0.2) is 5.06 Å². The van der Waals surface area contributed by atoms with Crippen LogP contribution in [-0.4, -0.2) is 52.3 Å². The predicted molar refractivity (Wildman–Crippen MR) is 140 cm³/mol. The molecule has 0 saturated heterocycles. The molecular weight excluding hydrogens is 474 g/mol. The summed E-state index contributed by atoms with van der Waals surface area (Å²) in [6.07, 6.45) is 3.88. The number of nitrogens with one attached hydrogen (secondary N) is 2. The lowest BCUT2D eigenvalue weighted by molar-refractivity contribution is -0.168. The van der Waals surface area contributed by atoms with Crippen molar-refractivity contribution >= 4 is 24.2 Å². The number of hydroxylamine groups is 2. The van der Waals surface area contributed by atoms with E-state index in [1.54, 1.807) is 31.2 Å². The number of aryl methyl sites for hydroxylation is 1. The van der Waals surface area contributed by atoms with Crippen molar-refractivity contribution in [2.45, 2.75) is 65.3 Å². The van der Waals surface area contributed by atoms with Gasteiger partial charge in [-0.3, -0.25) is 24.4 Å². The van der Waals surface area contributed by atoms with Gasteiger partial charge in [-0.2, -0.15) is 0 Å². The minimum absolute atomic E-state index is 0.0514. The first-order chi connectivity index (χ1) is 17.7. The minimum atomic E-state index is -0.892. The lowest BCUT2D eigenvalue weighted by Gasteiger charge is -2.29. The topological polar surface area (TPSA) is 136 Å². The highest BCUT2D eigenvalue weighted by molar-refractivity contribution is 5.95. The summed E-state index contributed by atoms with van der Waals surface area (Å²) in [6.45, 7) is 5.60. The number of rotatable bonds is 15. The van der Waals surface area contributed by atoms with Crippen LogP contribution in [0.5, 0.6) is 0 Å². The van der Waals surface area contributed by atoms with Crippen LogP contribution in [0.2, 0.25) is 0 Å². The molecule has 2 atom stereocenters. The maximum atomic E-state index is 12.9. The molecule has 2 aromatic rings. The summed E-state index contributed by atoms with van der Waals surface area (Å²) < 4.78 is 0. The number of hydrogen-bond donors (Lipinski definition) is 4. The zero-order valence-electron chi connectivity index (χ0n) is 21.7. The highest BCUT2D eigenvalue weighted by Crippen LogP contribution is 2.24. The zero-order chi connectivity index (χ0) is 27.4. The Kier molecular flexibility index (Phi) is 11.8. The van der Waals surface area contributed by atoms with E-state index in [0.29, 0.717) is 29.9 Å². The maximum absolute atomic E-state index is 12.9. The third-order valence-corrected chi connectivity index (χ3v) is 6.44. The molecule has 0 aliphatic carbocycles. The van der Waals surface area contributed by atoms with Crippen molar-refractivity contribution in [1.29, 1.82) is 0 Å². The molecule has 9 heteroatoms. The van der Waals surface area contributed by atoms with Crippen LogP contribution < -0.4 is 10.6 Å². The second-order valence-electron chi connectivity index (χ2n) is 9.08. The van der Waals surface area contributed by atoms with Gasteiger partial charge >= 0.3 is 5.97 Å². The number of carbonyl (C=O) groups is 4. The van der Waals surface area contributed by atoms with Crippen molar-refractivity contribution in [2.24, 2.45) is 5.92 Å². The number of carboxylic acids is 1. The molecule has 3 amide bonds. The van der Waals surface area contributed by atoms with Crippen molar-refractivity contribution in [3.8, 4) is 11.1 Å². The summed E-state index contributed by atoms with van der Waals surface area (Å²) in [7, 11) is 0. The molecule has 0 aromatic heterocycles. The first-order valence-electron chi connectivity index (χ1n) is 12.6. The van der Waals surface area contributed by atoms with Gasteiger partial charge in [-0.15, -0.1) is 0 Å². The average Bonchev–Trinajstić information content (AvgIpc) is 2.88. The van der Waals surface area contributed by atoms with E-state index in [-0.39, 0.29) is 24.9 Å². The molecule has 0 heterocycles. The number of hydrogen-bond acceptors (Lipinski definition) is 5. The van der Waals surface area contributed by atoms with Crippen LogP contribution in [0.4, 0.5) is 0 Å². The van der Waals surface area contributed by atoms with Gasteiger partial charge in [0.1, 0.15) is 0 Å². The zero-order valence-corrected chi connectivity index (χ0v) is 21.7. The molecule has 0 radical (unpaired) electrons. The molecule has 0 unspecified atom stereocenters. The Morgan fingerprint density at radius 2 is 1.76 bits per heavy atom. The summed E-state index contributed by atoms with van der Waals surface area (Å²) in [5, 5.41) is 24.9. The fraction of sp³-hybridized carbons (Fsp3) is 0.429. The van der Waals surface area contributed by atoms with E-state index in [2.05, 4.69) is 17.6 Å². The highest BCUT2D eigenvalue weighted by atomic mass is 16.5. The van der Waals surface area contributed by atoms with Gasteiger partial charge < -0.3 is 15.7 Å². The molecule has 0 saturated carbocycles. The van der Waals surface area contributed by atoms with E-state index in [0.717, 1.165) is 41.5 Å². The largest absolute Gasteiger partial charge is 0.481 e. The number of benzene rings is 2. The van der Waals surface area contributed by atoms with Gasteiger partial charge in [0, 0.05) is 5.56 Å². The molecule has 0 fully saturated rings. The standard InChI is InChI=1S/C28H37N3O6/c1-4-6-7-11-24(25(5-2)31(37)18-32)28(36)30-17-29-27(35)23-10-8-9-21(15-23)22-13-12-20(16-26(33)34)19(3)14-22/h8-10,12-15,18,24-25,37H,4-7,11,16-17H2,1-3H3,(H,29,35)(H,30,36)(H,33,34)/t24-,25-/m1/s1. The van der Waals surface area contributed by atoms with Gasteiger partial charge in [0.2, 0.25) is 12.3 Å². The highest BCUT2D eigenvalue weighted by Gasteiger charge is 2.30. The number of carbonyl (C=O) groups excluding carboxylic acids is 3. The first kappa shape index (κ1) is 29.5. The molecule has 0 bridgehead atoms. The maximum Gasteiger partial charge on any atom is 0.307 e. The Labute approximate surface area is 217 Å². The fourth-order valence-corrected chi connectivity index (χ4v) is 4.37. The molecular formula is C28H37N3O6. The summed E-state index contributed by atoms with van der Waals surface area (Å²) >= 11 is 0. The van der Waals surface area contributed by atoms with Gasteiger partial charge in [-0.1, -0.05) is 63.4 Å². The second kappa shape index (κ2) is 14.7.